The maximum Gasteiger partial charge on any atom is 0.330 e. The summed E-state index contributed by atoms with van der Waals surface area (Å²) < 4.78 is 0. The smallest absolute Gasteiger partial charge is 0.302 e. The molecule has 1 aliphatic rings. The van der Waals surface area contributed by atoms with Crippen LogP contribution in [0.4, 0.5) is 4.79 Å². The number of nitrogens with zero attached hydrogens (tertiary/aromatic N) is 1. The van der Waals surface area contributed by atoms with Gasteiger partial charge in [-0.05, 0) is 18.6 Å². The average molecular weight is 344 g/mol. The Morgan fingerprint density at radius 2 is 1.88 bits per heavy atom. The zero-order chi connectivity index (χ0) is 18.4. The summed E-state index contributed by atoms with van der Waals surface area (Å²) in [7, 11) is 0. The molecule has 1 aliphatic heterocycles. The van der Waals surface area contributed by atoms with Crippen LogP contribution in [0.2, 0.25) is 0 Å². The molecule has 25 heavy (non-hydrogen) atoms. The van der Waals surface area contributed by atoms with E-state index in [2.05, 4.69) is 22.7 Å². The number of imide groups is 2. The summed E-state index contributed by atoms with van der Waals surface area (Å²) in [4.78, 5) is 49.2. The lowest BCUT2D eigenvalue weighted by molar-refractivity contribution is -0.141. The van der Waals surface area contributed by atoms with Gasteiger partial charge < -0.3 is 5.43 Å². The topological polar surface area (TPSA) is 108 Å². The van der Waals surface area contributed by atoms with Crippen molar-refractivity contribution in [2.75, 3.05) is 6.54 Å². The zero-order valence-corrected chi connectivity index (χ0v) is 13.9. The van der Waals surface area contributed by atoms with Gasteiger partial charge in [0, 0.05) is 17.8 Å². The van der Waals surface area contributed by atoms with E-state index in [1.165, 1.54) is 0 Å². The van der Waals surface area contributed by atoms with Crippen molar-refractivity contribution in [2.24, 2.45) is 5.92 Å². The Labute approximate surface area is 145 Å². The van der Waals surface area contributed by atoms with Crippen LogP contribution in [0.15, 0.2) is 42.6 Å². The molecule has 0 saturated carbocycles. The van der Waals surface area contributed by atoms with Gasteiger partial charge in [0.05, 0.1) is 0 Å². The van der Waals surface area contributed by atoms with E-state index in [9.17, 15) is 19.2 Å². The normalized spacial score (nSPS) is 17.1. The van der Waals surface area contributed by atoms with Crippen molar-refractivity contribution in [3.63, 3.8) is 0 Å². The molecule has 8 nitrogen and oxygen atoms in total. The van der Waals surface area contributed by atoms with Crippen LogP contribution in [0.5, 0.6) is 0 Å². The van der Waals surface area contributed by atoms with Crippen molar-refractivity contribution >= 4 is 23.8 Å². The van der Waals surface area contributed by atoms with Crippen molar-refractivity contribution in [3.05, 3.63) is 48.2 Å². The summed E-state index contributed by atoms with van der Waals surface area (Å²) in [5, 5.41) is 2.13. The predicted octanol–water partition coefficient (Wildman–Crippen LogP) is 0.929. The second kappa shape index (κ2) is 8.09. The van der Waals surface area contributed by atoms with Gasteiger partial charge >= 0.3 is 6.03 Å². The third-order valence-corrected chi connectivity index (χ3v) is 3.71. The minimum atomic E-state index is -1.29. The molecule has 0 aliphatic carbocycles. The number of urea groups is 1. The molecular weight excluding hydrogens is 324 g/mol. The Morgan fingerprint density at radius 1 is 1.20 bits per heavy atom. The molecule has 132 valence electrons. The van der Waals surface area contributed by atoms with Crippen molar-refractivity contribution < 1.29 is 19.2 Å². The van der Waals surface area contributed by atoms with E-state index in [0.717, 1.165) is 11.3 Å². The third-order valence-electron chi connectivity index (χ3n) is 3.71. The largest absolute Gasteiger partial charge is 0.330 e. The van der Waals surface area contributed by atoms with Crippen molar-refractivity contribution in [1.82, 2.24) is 21.1 Å². The molecule has 1 saturated heterocycles. The molecule has 1 aromatic carbocycles. The first kappa shape index (κ1) is 18.2. The fraction of sp³-hybridized carbons (Fsp3) is 0.294. The van der Waals surface area contributed by atoms with Gasteiger partial charge in [0.2, 0.25) is 11.8 Å². The molecule has 8 heteroatoms. The molecule has 0 radical (unpaired) electrons. The number of barbiturate groups is 1. The molecule has 1 heterocycles. The number of hydrogen-bond acceptors (Lipinski definition) is 5. The number of hydrazine groups is 1. The molecule has 1 fully saturated rings. The van der Waals surface area contributed by atoms with E-state index in [0.29, 0.717) is 12.0 Å². The van der Waals surface area contributed by atoms with Gasteiger partial charge in [-0.15, -0.1) is 0 Å². The fourth-order valence-corrected chi connectivity index (χ4v) is 2.32. The van der Waals surface area contributed by atoms with Crippen LogP contribution in [0.1, 0.15) is 30.1 Å². The number of carbonyl (C=O) groups is 4. The molecule has 1 aromatic rings. The molecule has 0 unspecified atom stereocenters. The highest BCUT2D eigenvalue weighted by Crippen LogP contribution is 2.16. The van der Waals surface area contributed by atoms with E-state index in [4.69, 9.17) is 0 Å². The van der Waals surface area contributed by atoms with Gasteiger partial charge in [0.1, 0.15) is 0 Å². The number of hydrogen-bond donors (Lipinski definition) is 3. The minimum Gasteiger partial charge on any atom is -0.302 e. The van der Waals surface area contributed by atoms with E-state index in [1.54, 1.807) is 30.3 Å². The van der Waals surface area contributed by atoms with E-state index in [1.807, 2.05) is 6.92 Å². The molecule has 0 bridgehead atoms. The van der Waals surface area contributed by atoms with Gasteiger partial charge in [-0.3, -0.25) is 30.0 Å². The molecule has 2 rings (SSSR count). The van der Waals surface area contributed by atoms with E-state index < -0.39 is 29.7 Å². The lowest BCUT2D eigenvalue weighted by Crippen LogP contribution is -2.60. The first-order valence-electron chi connectivity index (χ1n) is 7.92. The second-order valence-corrected chi connectivity index (χ2v) is 5.54. The minimum absolute atomic E-state index is 0.0132. The molecule has 0 aromatic heterocycles. The lowest BCUT2D eigenvalue weighted by atomic mass is 10.0. The quantitative estimate of drug-likeness (QED) is 0.504. The highest BCUT2D eigenvalue weighted by Gasteiger charge is 2.41. The van der Waals surface area contributed by atoms with Gasteiger partial charge in [-0.1, -0.05) is 38.1 Å². The van der Waals surface area contributed by atoms with Crippen molar-refractivity contribution in [1.29, 1.82) is 0 Å². The van der Waals surface area contributed by atoms with Crippen LogP contribution in [0.3, 0.4) is 0 Å². The maximum atomic E-state index is 12.4. The zero-order valence-electron chi connectivity index (χ0n) is 13.9. The number of unbranched alkanes of at least 4 members (excludes halogenated alkanes) is 1. The molecule has 1 atom stereocenters. The summed E-state index contributed by atoms with van der Waals surface area (Å²) in [6.45, 7) is 5.78. The standard InChI is InChI=1S/C17H20N4O4/c1-3-4-10-21-16(24)13(15(23)18-17(21)25)11(2)19-20-14(22)12-8-6-5-7-9-12/h5-9,13,19H,2-4,10H2,1H3,(H,20,22)(H,18,23,25)/t13-/m1/s1. The van der Waals surface area contributed by atoms with Crippen LogP contribution >= 0.6 is 0 Å². The van der Waals surface area contributed by atoms with E-state index in [-0.39, 0.29) is 12.2 Å². The Bertz CT molecular complexity index is 702. The second-order valence-electron chi connectivity index (χ2n) is 5.54. The Morgan fingerprint density at radius 3 is 2.52 bits per heavy atom. The highest BCUT2D eigenvalue weighted by molar-refractivity contribution is 6.17. The van der Waals surface area contributed by atoms with Crippen LogP contribution in [0, 0.1) is 5.92 Å². The summed E-state index contributed by atoms with van der Waals surface area (Å²) in [6.07, 6.45) is 1.42. The highest BCUT2D eigenvalue weighted by atomic mass is 16.2. The number of amides is 5. The van der Waals surface area contributed by atoms with Gasteiger partial charge in [-0.2, -0.15) is 0 Å². The number of rotatable bonds is 7. The first-order chi connectivity index (χ1) is 12.0. The third kappa shape index (κ3) is 4.23. The Balaban J connectivity index is 2.01. The predicted molar refractivity (Wildman–Crippen MR) is 89.8 cm³/mol. The van der Waals surface area contributed by atoms with Gasteiger partial charge in [0.15, 0.2) is 5.92 Å². The van der Waals surface area contributed by atoms with Crippen LogP contribution in [0.25, 0.3) is 0 Å². The summed E-state index contributed by atoms with van der Waals surface area (Å²) >= 11 is 0. The first-order valence-corrected chi connectivity index (χ1v) is 7.92. The monoisotopic (exact) mass is 344 g/mol. The summed E-state index contributed by atoms with van der Waals surface area (Å²) in [6, 6.07) is 7.68. The number of carbonyl (C=O) groups excluding carboxylic acids is 4. The fourth-order valence-electron chi connectivity index (χ4n) is 2.32. The van der Waals surface area contributed by atoms with E-state index >= 15 is 0 Å². The number of nitrogens with one attached hydrogen (secondary N) is 3. The van der Waals surface area contributed by atoms with Crippen LogP contribution < -0.4 is 16.2 Å². The van der Waals surface area contributed by atoms with Crippen molar-refractivity contribution in [3.8, 4) is 0 Å². The van der Waals surface area contributed by atoms with Gasteiger partial charge in [0.25, 0.3) is 5.91 Å². The molecule has 0 spiro atoms. The summed E-state index contributed by atoms with van der Waals surface area (Å²) in [5.74, 6) is -3.15. The number of benzene rings is 1. The molecule has 3 N–H and O–H groups in total. The maximum absolute atomic E-state index is 12.4. The average Bonchev–Trinajstić information content (AvgIpc) is 2.60. The van der Waals surface area contributed by atoms with Crippen LogP contribution in [-0.4, -0.2) is 35.2 Å². The Kier molecular flexibility index (Phi) is 5.89. The summed E-state index contributed by atoms with van der Waals surface area (Å²) in [5.41, 5.74) is 5.26. The lowest BCUT2D eigenvalue weighted by Gasteiger charge is -2.31. The van der Waals surface area contributed by atoms with Crippen molar-refractivity contribution in [2.45, 2.75) is 19.8 Å². The van der Waals surface area contributed by atoms with Gasteiger partial charge in [-0.25, -0.2) is 4.79 Å². The Hall–Kier alpha value is -3.16. The SMILES string of the molecule is C=C(NNC(=O)c1ccccc1)[C@@H]1C(=O)NC(=O)N(CCCC)C1=O. The molecule has 5 amide bonds. The van der Waals surface area contributed by atoms with Crippen LogP contribution in [-0.2, 0) is 9.59 Å². The molecular formula is C17H20N4O4.